The number of piperidine rings is 1. The average Bonchev–Trinajstić information content (AvgIpc) is 3.37. The number of hydrogen-bond donors (Lipinski definition) is 1. The van der Waals surface area contributed by atoms with Crippen molar-refractivity contribution in [2.45, 2.75) is 58.0 Å². The van der Waals surface area contributed by atoms with Crippen LogP contribution in [0, 0.1) is 12.8 Å². The monoisotopic (exact) mass is 431 g/mol. The summed E-state index contributed by atoms with van der Waals surface area (Å²) in [6.45, 7) is 3.32. The van der Waals surface area contributed by atoms with E-state index in [1.165, 1.54) is 18.4 Å². The largest absolute Gasteiger partial charge is 0.493 e. The van der Waals surface area contributed by atoms with Crippen LogP contribution in [-0.4, -0.2) is 47.1 Å². The van der Waals surface area contributed by atoms with Crippen LogP contribution in [0.25, 0.3) is 0 Å². The number of imidazole rings is 1. The SMILES string of the molecule is COc1ccc(CC2CCN(C(=O)c3nc(Cl)[nH]c3C)CC2)cc1OC1CCCC1. The van der Waals surface area contributed by atoms with Crippen LogP contribution in [-0.2, 0) is 6.42 Å². The number of rotatable bonds is 6. The second-order valence-electron chi connectivity index (χ2n) is 8.45. The number of halogens is 1. The van der Waals surface area contributed by atoms with Crippen molar-refractivity contribution in [1.82, 2.24) is 14.9 Å². The van der Waals surface area contributed by atoms with Crippen molar-refractivity contribution < 1.29 is 14.3 Å². The Balaban J connectivity index is 1.35. The molecule has 0 bridgehead atoms. The third-order valence-corrected chi connectivity index (χ3v) is 6.49. The molecule has 2 aliphatic rings. The number of methoxy groups -OCH3 is 1. The molecule has 0 atom stereocenters. The fourth-order valence-corrected chi connectivity index (χ4v) is 4.81. The Labute approximate surface area is 182 Å². The lowest BCUT2D eigenvalue weighted by Gasteiger charge is -2.32. The summed E-state index contributed by atoms with van der Waals surface area (Å²) in [5, 5.41) is 0.265. The molecule has 2 fully saturated rings. The Morgan fingerprint density at radius 1 is 1.20 bits per heavy atom. The van der Waals surface area contributed by atoms with Crippen molar-refractivity contribution in [3.8, 4) is 11.5 Å². The number of benzene rings is 1. The van der Waals surface area contributed by atoms with Crippen LogP contribution in [0.4, 0.5) is 0 Å². The number of nitrogens with zero attached hydrogens (tertiary/aromatic N) is 2. The van der Waals surface area contributed by atoms with E-state index >= 15 is 0 Å². The Hall–Kier alpha value is -2.21. The van der Waals surface area contributed by atoms with Crippen molar-refractivity contribution in [3.05, 3.63) is 40.4 Å². The second-order valence-corrected chi connectivity index (χ2v) is 8.81. The van der Waals surface area contributed by atoms with Gasteiger partial charge in [-0.15, -0.1) is 0 Å². The number of carbonyl (C=O) groups excluding carboxylic acids is 1. The summed E-state index contributed by atoms with van der Waals surface area (Å²) in [6.07, 6.45) is 7.99. The Bertz CT molecular complexity index is 884. The Morgan fingerprint density at radius 2 is 1.93 bits per heavy atom. The predicted molar refractivity (Wildman–Crippen MR) is 117 cm³/mol. The molecule has 1 aliphatic heterocycles. The molecule has 7 heteroatoms. The molecule has 1 N–H and O–H groups in total. The van der Waals surface area contributed by atoms with Gasteiger partial charge in [-0.1, -0.05) is 6.07 Å². The van der Waals surface area contributed by atoms with Gasteiger partial charge in [-0.25, -0.2) is 4.98 Å². The fraction of sp³-hybridized carbons (Fsp3) is 0.565. The van der Waals surface area contributed by atoms with Gasteiger partial charge in [0.2, 0.25) is 5.28 Å². The van der Waals surface area contributed by atoms with Crippen LogP contribution in [0.15, 0.2) is 18.2 Å². The van der Waals surface area contributed by atoms with Gasteiger partial charge in [0.15, 0.2) is 17.2 Å². The van der Waals surface area contributed by atoms with Crippen LogP contribution >= 0.6 is 11.6 Å². The average molecular weight is 432 g/mol. The smallest absolute Gasteiger partial charge is 0.274 e. The van der Waals surface area contributed by atoms with E-state index in [1.807, 2.05) is 17.9 Å². The van der Waals surface area contributed by atoms with Gasteiger partial charge in [-0.3, -0.25) is 4.79 Å². The van der Waals surface area contributed by atoms with E-state index in [-0.39, 0.29) is 11.2 Å². The van der Waals surface area contributed by atoms with Crippen molar-refractivity contribution in [2.24, 2.45) is 5.92 Å². The van der Waals surface area contributed by atoms with E-state index in [1.54, 1.807) is 7.11 Å². The zero-order chi connectivity index (χ0) is 21.1. The Morgan fingerprint density at radius 3 is 2.57 bits per heavy atom. The second kappa shape index (κ2) is 9.29. The van der Waals surface area contributed by atoms with Gasteiger partial charge in [0.05, 0.1) is 13.2 Å². The molecule has 162 valence electrons. The van der Waals surface area contributed by atoms with E-state index in [9.17, 15) is 4.79 Å². The number of nitrogens with one attached hydrogen (secondary N) is 1. The molecule has 0 radical (unpaired) electrons. The minimum atomic E-state index is -0.0363. The third-order valence-electron chi connectivity index (χ3n) is 6.31. The number of carbonyl (C=O) groups is 1. The molecule has 6 nitrogen and oxygen atoms in total. The first-order valence-corrected chi connectivity index (χ1v) is 11.3. The molecule has 1 aliphatic carbocycles. The van der Waals surface area contributed by atoms with Gasteiger partial charge in [0.25, 0.3) is 5.91 Å². The molecule has 30 heavy (non-hydrogen) atoms. The summed E-state index contributed by atoms with van der Waals surface area (Å²) in [7, 11) is 1.69. The molecule has 4 rings (SSSR count). The highest BCUT2D eigenvalue weighted by atomic mass is 35.5. The number of aryl methyl sites for hydroxylation is 1. The summed E-state index contributed by atoms with van der Waals surface area (Å²) in [5.74, 6) is 2.18. The molecule has 1 aromatic heterocycles. The van der Waals surface area contributed by atoms with E-state index in [2.05, 4.69) is 22.1 Å². The number of hydrogen-bond acceptors (Lipinski definition) is 4. The zero-order valence-corrected chi connectivity index (χ0v) is 18.5. The first-order valence-electron chi connectivity index (χ1n) is 10.9. The minimum Gasteiger partial charge on any atom is -0.493 e. The van der Waals surface area contributed by atoms with Gasteiger partial charge in [-0.2, -0.15) is 0 Å². The van der Waals surface area contributed by atoms with Gasteiger partial charge in [0.1, 0.15) is 0 Å². The van der Waals surface area contributed by atoms with Gasteiger partial charge >= 0.3 is 0 Å². The standard InChI is InChI=1S/C23H30ClN3O3/c1-15-21(26-23(24)25-15)22(28)27-11-9-16(10-12-27)13-17-7-8-19(29-2)20(14-17)30-18-5-3-4-6-18/h7-8,14,16,18H,3-6,9-13H2,1-2H3,(H,25,26). The third kappa shape index (κ3) is 4.75. The van der Waals surface area contributed by atoms with Crippen LogP contribution in [0.1, 0.15) is 60.3 Å². The molecule has 1 amide bonds. The number of aromatic amines is 1. The molecule has 2 aromatic rings. The van der Waals surface area contributed by atoms with E-state index < -0.39 is 0 Å². The van der Waals surface area contributed by atoms with E-state index in [4.69, 9.17) is 21.1 Å². The summed E-state index contributed by atoms with van der Waals surface area (Å²) < 4.78 is 11.7. The number of likely N-dealkylation sites (tertiary alicyclic amines) is 1. The number of ether oxygens (including phenoxy) is 2. The molecule has 0 spiro atoms. The maximum atomic E-state index is 12.7. The summed E-state index contributed by atoms with van der Waals surface area (Å²) >= 11 is 5.89. The number of aromatic nitrogens is 2. The van der Waals surface area contributed by atoms with E-state index in [0.29, 0.717) is 17.7 Å². The van der Waals surface area contributed by atoms with Crippen LogP contribution in [0.3, 0.4) is 0 Å². The molecular weight excluding hydrogens is 402 g/mol. The summed E-state index contributed by atoms with van der Waals surface area (Å²) in [6, 6.07) is 6.29. The lowest BCUT2D eigenvalue weighted by molar-refractivity contribution is 0.0684. The van der Waals surface area contributed by atoms with Crippen LogP contribution in [0.2, 0.25) is 5.28 Å². The maximum Gasteiger partial charge on any atom is 0.274 e. The van der Waals surface area contributed by atoms with Crippen molar-refractivity contribution in [1.29, 1.82) is 0 Å². The normalized spacial score (nSPS) is 18.0. The van der Waals surface area contributed by atoms with Crippen molar-refractivity contribution in [3.63, 3.8) is 0 Å². The number of H-pyrrole nitrogens is 1. The van der Waals surface area contributed by atoms with Gasteiger partial charge in [-0.05, 0) is 87.1 Å². The molecule has 1 aromatic carbocycles. The van der Waals surface area contributed by atoms with Gasteiger partial charge < -0.3 is 19.4 Å². The molecular formula is C23H30ClN3O3. The lowest BCUT2D eigenvalue weighted by atomic mass is 9.90. The lowest BCUT2D eigenvalue weighted by Crippen LogP contribution is -2.39. The maximum absolute atomic E-state index is 12.7. The molecule has 1 saturated heterocycles. The van der Waals surface area contributed by atoms with Crippen molar-refractivity contribution in [2.75, 3.05) is 20.2 Å². The topological polar surface area (TPSA) is 67.5 Å². The molecule has 0 unspecified atom stereocenters. The predicted octanol–water partition coefficient (Wildman–Crippen LogP) is 4.80. The highest BCUT2D eigenvalue weighted by molar-refractivity contribution is 6.28. The van der Waals surface area contributed by atoms with Crippen LogP contribution < -0.4 is 9.47 Å². The summed E-state index contributed by atoms with van der Waals surface area (Å²) in [4.78, 5) is 21.6. The molecule has 1 saturated carbocycles. The highest BCUT2D eigenvalue weighted by Crippen LogP contribution is 2.34. The highest BCUT2D eigenvalue weighted by Gasteiger charge is 2.27. The number of amides is 1. The minimum absolute atomic E-state index is 0.0363. The van der Waals surface area contributed by atoms with Crippen molar-refractivity contribution >= 4 is 17.5 Å². The first kappa shape index (κ1) is 21.0. The van der Waals surface area contributed by atoms with Gasteiger partial charge in [0, 0.05) is 18.8 Å². The first-order chi connectivity index (χ1) is 14.5. The summed E-state index contributed by atoms with van der Waals surface area (Å²) in [5.41, 5.74) is 2.42. The quantitative estimate of drug-likeness (QED) is 0.713. The van der Waals surface area contributed by atoms with Crippen LogP contribution in [0.5, 0.6) is 11.5 Å². The van der Waals surface area contributed by atoms with E-state index in [0.717, 1.165) is 62.4 Å². The Kier molecular flexibility index (Phi) is 6.52. The fourth-order valence-electron chi connectivity index (χ4n) is 4.58. The zero-order valence-electron chi connectivity index (χ0n) is 17.7. The molecule has 2 heterocycles.